The van der Waals surface area contributed by atoms with Gasteiger partial charge in [0, 0.05) is 11.1 Å². The number of hydrogen-bond acceptors (Lipinski definition) is 2. The van der Waals surface area contributed by atoms with Gasteiger partial charge in [-0.25, -0.2) is 0 Å². The molecule has 2 aromatic rings. The Morgan fingerprint density at radius 1 is 0.706 bits per heavy atom. The van der Waals surface area contributed by atoms with E-state index in [4.69, 9.17) is 0 Å². The summed E-state index contributed by atoms with van der Waals surface area (Å²) in [5, 5.41) is 20.1. The summed E-state index contributed by atoms with van der Waals surface area (Å²) in [5.41, 5.74) is 4.16. The van der Waals surface area contributed by atoms with Gasteiger partial charge in [-0.1, -0.05) is 24.3 Å². The van der Waals surface area contributed by atoms with Crippen LogP contribution in [0.4, 0.5) is 0 Å². The second kappa shape index (κ2) is 4.13. The molecule has 17 heavy (non-hydrogen) atoms. The van der Waals surface area contributed by atoms with Gasteiger partial charge in [-0.15, -0.1) is 0 Å². The molecule has 0 aliphatic rings. The summed E-state index contributed by atoms with van der Waals surface area (Å²) in [6, 6.07) is 9.20. The average molecular weight is 228 g/mol. The fraction of sp³-hybridized carbons (Fsp3) is 0.200. The van der Waals surface area contributed by atoms with Gasteiger partial charge in [-0.3, -0.25) is 0 Å². The van der Waals surface area contributed by atoms with Crippen LogP contribution in [0.15, 0.2) is 30.3 Å². The highest BCUT2D eigenvalue weighted by Crippen LogP contribution is 2.41. The molecule has 0 spiro atoms. The molecule has 0 amide bonds. The molecule has 0 heterocycles. The van der Waals surface area contributed by atoms with Gasteiger partial charge in [0.25, 0.3) is 0 Å². The number of phenolic OH excluding ortho intramolecular Hbond substituents is 2. The maximum Gasteiger partial charge on any atom is 0.126 e. The Morgan fingerprint density at radius 3 is 1.94 bits per heavy atom. The summed E-state index contributed by atoms with van der Waals surface area (Å²) in [7, 11) is 0. The van der Waals surface area contributed by atoms with Crippen LogP contribution in [0.5, 0.6) is 11.5 Å². The maximum atomic E-state index is 10.2. The molecule has 2 N–H and O–H groups in total. The van der Waals surface area contributed by atoms with Gasteiger partial charge in [-0.05, 0) is 43.5 Å². The molecule has 2 rings (SSSR count). The Kier molecular flexibility index (Phi) is 2.80. The molecule has 2 nitrogen and oxygen atoms in total. The van der Waals surface area contributed by atoms with Crippen molar-refractivity contribution in [2.24, 2.45) is 0 Å². The molecule has 0 saturated carbocycles. The summed E-state index contributed by atoms with van der Waals surface area (Å²) in [6.45, 7) is 5.71. The highest BCUT2D eigenvalue weighted by Gasteiger charge is 2.15. The predicted molar refractivity (Wildman–Crippen MR) is 69.4 cm³/mol. The monoisotopic (exact) mass is 228 g/mol. The Labute approximate surface area is 101 Å². The van der Waals surface area contributed by atoms with Crippen LogP contribution in [0.2, 0.25) is 0 Å². The zero-order chi connectivity index (χ0) is 12.6. The lowest BCUT2D eigenvalue weighted by atomic mass is 9.93. The van der Waals surface area contributed by atoms with Crippen molar-refractivity contribution >= 4 is 0 Å². The van der Waals surface area contributed by atoms with E-state index in [-0.39, 0.29) is 11.5 Å². The van der Waals surface area contributed by atoms with Gasteiger partial charge in [0.15, 0.2) is 0 Å². The van der Waals surface area contributed by atoms with Crippen molar-refractivity contribution in [3.8, 4) is 22.6 Å². The Bertz CT molecular complexity index is 551. The van der Waals surface area contributed by atoms with E-state index in [2.05, 4.69) is 0 Å². The van der Waals surface area contributed by atoms with Crippen LogP contribution in [0, 0.1) is 20.8 Å². The molecule has 0 atom stereocenters. The minimum atomic E-state index is 0.203. The number of rotatable bonds is 1. The Balaban J connectivity index is 2.82. The normalized spacial score (nSPS) is 10.5. The smallest absolute Gasteiger partial charge is 0.126 e. The first-order valence-electron chi connectivity index (χ1n) is 5.60. The molecule has 2 heteroatoms. The molecule has 0 bridgehead atoms. The van der Waals surface area contributed by atoms with E-state index in [1.165, 1.54) is 0 Å². The number of benzene rings is 2. The number of aromatic hydroxyl groups is 2. The maximum absolute atomic E-state index is 10.2. The lowest BCUT2D eigenvalue weighted by Gasteiger charge is -2.14. The van der Waals surface area contributed by atoms with Crippen LogP contribution in [0.25, 0.3) is 11.1 Å². The van der Waals surface area contributed by atoms with Crippen molar-refractivity contribution in [2.45, 2.75) is 20.8 Å². The molecule has 0 aliphatic heterocycles. The van der Waals surface area contributed by atoms with Gasteiger partial charge >= 0.3 is 0 Å². The third-order valence-electron chi connectivity index (χ3n) is 3.09. The van der Waals surface area contributed by atoms with E-state index < -0.39 is 0 Å². The van der Waals surface area contributed by atoms with Gasteiger partial charge in [0.05, 0.1) is 0 Å². The zero-order valence-corrected chi connectivity index (χ0v) is 10.3. The summed E-state index contributed by atoms with van der Waals surface area (Å²) < 4.78 is 0. The number of hydrogen-bond donors (Lipinski definition) is 2. The van der Waals surface area contributed by atoms with Crippen LogP contribution in [-0.4, -0.2) is 10.2 Å². The van der Waals surface area contributed by atoms with Gasteiger partial charge in [0.2, 0.25) is 0 Å². The second-order valence-corrected chi connectivity index (χ2v) is 4.39. The van der Waals surface area contributed by atoms with Crippen LogP contribution in [-0.2, 0) is 0 Å². The van der Waals surface area contributed by atoms with Crippen molar-refractivity contribution in [3.05, 3.63) is 47.0 Å². The van der Waals surface area contributed by atoms with Crippen molar-refractivity contribution < 1.29 is 10.2 Å². The molecule has 0 radical (unpaired) electrons. The topological polar surface area (TPSA) is 40.5 Å². The first kappa shape index (κ1) is 11.5. The lowest BCUT2D eigenvalue weighted by Crippen LogP contribution is -1.90. The van der Waals surface area contributed by atoms with E-state index in [0.29, 0.717) is 5.56 Å². The number of phenols is 2. The van der Waals surface area contributed by atoms with Crippen molar-refractivity contribution in [3.63, 3.8) is 0 Å². The third kappa shape index (κ3) is 1.86. The molecule has 0 fully saturated rings. The molecule has 0 unspecified atom stereocenters. The van der Waals surface area contributed by atoms with E-state index in [1.54, 1.807) is 12.1 Å². The van der Waals surface area contributed by atoms with Crippen LogP contribution in [0.3, 0.4) is 0 Å². The molecule has 0 saturated heterocycles. The Hall–Kier alpha value is -1.96. The summed E-state index contributed by atoms with van der Waals surface area (Å²) in [4.78, 5) is 0. The van der Waals surface area contributed by atoms with E-state index in [9.17, 15) is 10.2 Å². The number of aryl methyl sites for hydroxylation is 3. The summed E-state index contributed by atoms with van der Waals surface area (Å²) in [6.07, 6.45) is 0. The van der Waals surface area contributed by atoms with Crippen molar-refractivity contribution in [1.82, 2.24) is 0 Å². The summed E-state index contributed by atoms with van der Waals surface area (Å²) in [5.74, 6) is 0.448. The fourth-order valence-electron chi connectivity index (χ4n) is 2.09. The van der Waals surface area contributed by atoms with E-state index in [1.807, 2.05) is 39.0 Å². The highest BCUT2D eigenvalue weighted by molar-refractivity contribution is 5.81. The molecule has 88 valence electrons. The van der Waals surface area contributed by atoms with Crippen molar-refractivity contribution in [2.75, 3.05) is 0 Å². The van der Waals surface area contributed by atoms with Crippen molar-refractivity contribution in [1.29, 1.82) is 0 Å². The standard InChI is InChI=1S/C15H16O2/c1-9-5-4-6-12(16)13(9)14-10(2)7-8-11(3)15(14)17/h4-8,16-17H,1-3H3. The SMILES string of the molecule is Cc1ccc(C)c(-c2c(C)cccc2O)c1O. The predicted octanol–water partition coefficient (Wildman–Crippen LogP) is 3.69. The minimum Gasteiger partial charge on any atom is -0.507 e. The zero-order valence-electron chi connectivity index (χ0n) is 10.3. The Morgan fingerprint density at radius 2 is 1.29 bits per heavy atom. The molecular formula is C15H16O2. The third-order valence-corrected chi connectivity index (χ3v) is 3.09. The van der Waals surface area contributed by atoms with E-state index >= 15 is 0 Å². The quantitative estimate of drug-likeness (QED) is 0.781. The largest absolute Gasteiger partial charge is 0.507 e. The van der Waals surface area contributed by atoms with Gasteiger partial charge in [-0.2, -0.15) is 0 Å². The average Bonchev–Trinajstić information content (AvgIpc) is 2.28. The first-order chi connectivity index (χ1) is 8.02. The van der Waals surface area contributed by atoms with E-state index in [0.717, 1.165) is 22.3 Å². The fourth-order valence-corrected chi connectivity index (χ4v) is 2.09. The first-order valence-corrected chi connectivity index (χ1v) is 5.60. The van der Waals surface area contributed by atoms with Gasteiger partial charge < -0.3 is 10.2 Å². The van der Waals surface area contributed by atoms with Crippen LogP contribution >= 0.6 is 0 Å². The lowest BCUT2D eigenvalue weighted by molar-refractivity contribution is 0.466. The second-order valence-electron chi connectivity index (χ2n) is 4.39. The molecule has 0 aromatic heterocycles. The van der Waals surface area contributed by atoms with Crippen LogP contribution < -0.4 is 0 Å². The van der Waals surface area contributed by atoms with Crippen LogP contribution in [0.1, 0.15) is 16.7 Å². The highest BCUT2D eigenvalue weighted by atomic mass is 16.3. The summed E-state index contributed by atoms with van der Waals surface area (Å²) >= 11 is 0. The molecule has 0 aliphatic carbocycles. The van der Waals surface area contributed by atoms with Gasteiger partial charge in [0.1, 0.15) is 11.5 Å². The minimum absolute atomic E-state index is 0.203. The molecule has 2 aromatic carbocycles. The molecular weight excluding hydrogens is 212 g/mol.